The van der Waals surface area contributed by atoms with Gasteiger partial charge in [-0.3, -0.25) is 0 Å². The molecule has 0 saturated carbocycles. The molecule has 1 nitrogen and oxygen atoms in total. The van der Waals surface area contributed by atoms with E-state index in [4.69, 9.17) is 4.74 Å². The first-order valence-electron chi connectivity index (χ1n) is 4.17. The van der Waals surface area contributed by atoms with Gasteiger partial charge in [0.15, 0.2) is 11.6 Å². The zero-order valence-corrected chi connectivity index (χ0v) is 9.84. The molecule has 0 aliphatic rings. The van der Waals surface area contributed by atoms with E-state index in [1.807, 2.05) is 13.8 Å². The molecule has 0 aromatic heterocycles. The minimum atomic E-state index is -0.291. The average Bonchev–Trinajstić information content (AvgIpc) is 2.06. The van der Waals surface area contributed by atoms with Crippen molar-refractivity contribution in [1.82, 2.24) is 0 Å². The van der Waals surface area contributed by atoms with E-state index in [1.165, 1.54) is 6.07 Å². The molecule has 0 amide bonds. The van der Waals surface area contributed by atoms with Crippen molar-refractivity contribution in [2.45, 2.75) is 13.8 Å². The average molecular weight is 294 g/mol. The minimum absolute atomic E-state index is 0.291. The van der Waals surface area contributed by atoms with Crippen molar-refractivity contribution in [2.75, 3.05) is 6.61 Å². The maximum Gasteiger partial charge on any atom is 0.165 e. The number of benzene rings is 1. The van der Waals surface area contributed by atoms with Crippen LogP contribution in [0.25, 0.3) is 0 Å². The van der Waals surface area contributed by atoms with Gasteiger partial charge in [0.2, 0.25) is 0 Å². The summed E-state index contributed by atoms with van der Waals surface area (Å²) in [7, 11) is 0. The molecule has 0 bridgehead atoms. The molecular weight excluding hydrogens is 282 g/mol. The normalized spacial score (nSPS) is 10.5. The molecule has 0 unspecified atom stereocenters. The van der Waals surface area contributed by atoms with Gasteiger partial charge in [0.1, 0.15) is 0 Å². The molecule has 72 valence electrons. The SMILES string of the molecule is CC(C)COc1cc(I)ccc1F. The molecule has 1 aromatic carbocycles. The lowest BCUT2D eigenvalue weighted by atomic mass is 10.2. The van der Waals surface area contributed by atoms with E-state index in [0.29, 0.717) is 18.3 Å². The Morgan fingerprint density at radius 1 is 1.46 bits per heavy atom. The fraction of sp³-hybridized carbons (Fsp3) is 0.400. The van der Waals surface area contributed by atoms with Crippen LogP contribution in [0.15, 0.2) is 18.2 Å². The molecule has 1 rings (SSSR count). The van der Waals surface area contributed by atoms with Crippen LogP contribution in [0, 0.1) is 15.3 Å². The van der Waals surface area contributed by atoms with Crippen molar-refractivity contribution in [3.8, 4) is 5.75 Å². The van der Waals surface area contributed by atoms with Crippen molar-refractivity contribution in [3.05, 3.63) is 27.6 Å². The molecule has 0 N–H and O–H groups in total. The third-order valence-corrected chi connectivity index (χ3v) is 2.14. The summed E-state index contributed by atoms with van der Waals surface area (Å²) in [5.74, 6) is 0.471. The molecule has 0 aliphatic carbocycles. The van der Waals surface area contributed by atoms with Gasteiger partial charge in [0.05, 0.1) is 6.61 Å². The topological polar surface area (TPSA) is 9.23 Å². The van der Waals surface area contributed by atoms with Crippen molar-refractivity contribution in [3.63, 3.8) is 0 Å². The summed E-state index contributed by atoms with van der Waals surface area (Å²) in [5.41, 5.74) is 0. The van der Waals surface area contributed by atoms with Crippen LogP contribution in [0.2, 0.25) is 0 Å². The zero-order valence-electron chi connectivity index (χ0n) is 7.68. The summed E-state index contributed by atoms with van der Waals surface area (Å²) < 4.78 is 19.4. The lowest BCUT2D eigenvalue weighted by molar-refractivity contribution is 0.259. The van der Waals surface area contributed by atoms with Gasteiger partial charge >= 0.3 is 0 Å². The molecule has 1 aromatic rings. The predicted octanol–water partition coefficient (Wildman–Crippen LogP) is 3.47. The van der Waals surface area contributed by atoms with Crippen molar-refractivity contribution in [2.24, 2.45) is 5.92 Å². The first-order chi connectivity index (χ1) is 6.09. The second-order valence-electron chi connectivity index (χ2n) is 3.28. The Hall–Kier alpha value is -0.320. The van der Waals surface area contributed by atoms with Gasteiger partial charge in [-0.05, 0) is 46.7 Å². The predicted molar refractivity (Wildman–Crippen MR) is 59.5 cm³/mol. The second kappa shape index (κ2) is 4.79. The molecule has 0 heterocycles. The van der Waals surface area contributed by atoms with E-state index in [-0.39, 0.29) is 5.82 Å². The first kappa shape index (κ1) is 10.8. The maximum atomic E-state index is 13.1. The molecule has 0 fully saturated rings. The van der Waals surface area contributed by atoms with Gasteiger partial charge in [-0.15, -0.1) is 0 Å². The molecule has 0 aliphatic heterocycles. The maximum absolute atomic E-state index is 13.1. The number of hydrogen-bond donors (Lipinski definition) is 0. The summed E-state index contributed by atoms with van der Waals surface area (Å²) in [6.07, 6.45) is 0. The monoisotopic (exact) mass is 294 g/mol. The Bertz CT molecular complexity index is 286. The fourth-order valence-electron chi connectivity index (χ4n) is 0.844. The van der Waals surface area contributed by atoms with Crippen LogP contribution in [-0.4, -0.2) is 6.61 Å². The van der Waals surface area contributed by atoms with Crippen LogP contribution in [0.4, 0.5) is 4.39 Å². The van der Waals surface area contributed by atoms with Crippen LogP contribution >= 0.6 is 22.6 Å². The molecule has 0 saturated heterocycles. The lowest BCUT2D eigenvalue weighted by Crippen LogP contribution is -2.05. The third kappa shape index (κ3) is 3.50. The molecule has 13 heavy (non-hydrogen) atoms. The molecule has 0 spiro atoms. The third-order valence-electron chi connectivity index (χ3n) is 1.47. The lowest BCUT2D eigenvalue weighted by Gasteiger charge is -2.09. The van der Waals surface area contributed by atoms with Crippen molar-refractivity contribution >= 4 is 22.6 Å². The van der Waals surface area contributed by atoms with Crippen LogP contribution in [0.1, 0.15) is 13.8 Å². The van der Waals surface area contributed by atoms with E-state index >= 15 is 0 Å². The number of ether oxygens (including phenoxy) is 1. The standard InChI is InChI=1S/C10H12FIO/c1-7(2)6-13-10-5-8(12)3-4-9(10)11/h3-5,7H,6H2,1-2H3. The van der Waals surface area contributed by atoms with E-state index in [9.17, 15) is 4.39 Å². The van der Waals surface area contributed by atoms with Gasteiger partial charge in [-0.1, -0.05) is 13.8 Å². The summed E-state index contributed by atoms with van der Waals surface area (Å²) in [6.45, 7) is 4.62. The van der Waals surface area contributed by atoms with Crippen LogP contribution in [0.3, 0.4) is 0 Å². The van der Waals surface area contributed by atoms with E-state index < -0.39 is 0 Å². The molecule has 3 heteroatoms. The second-order valence-corrected chi connectivity index (χ2v) is 4.53. The highest BCUT2D eigenvalue weighted by Gasteiger charge is 2.04. The van der Waals surface area contributed by atoms with Crippen LogP contribution in [-0.2, 0) is 0 Å². The molecule has 0 atom stereocenters. The Kier molecular flexibility index (Phi) is 3.96. The van der Waals surface area contributed by atoms with Gasteiger partial charge in [-0.2, -0.15) is 0 Å². The quantitative estimate of drug-likeness (QED) is 0.776. The Morgan fingerprint density at radius 2 is 2.15 bits per heavy atom. The zero-order chi connectivity index (χ0) is 9.84. The van der Waals surface area contributed by atoms with Gasteiger partial charge in [0.25, 0.3) is 0 Å². The van der Waals surface area contributed by atoms with Gasteiger partial charge < -0.3 is 4.74 Å². The largest absolute Gasteiger partial charge is 0.490 e. The fourth-order valence-corrected chi connectivity index (χ4v) is 1.31. The summed E-state index contributed by atoms with van der Waals surface area (Å²) in [4.78, 5) is 0. The summed E-state index contributed by atoms with van der Waals surface area (Å²) in [5, 5.41) is 0. The summed E-state index contributed by atoms with van der Waals surface area (Å²) >= 11 is 2.13. The Balaban J connectivity index is 2.70. The molecule has 0 radical (unpaired) electrons. The Labute approximate surface area is 91.4 Å². The van der Waals surface area contributed by atoms with Crippen LogP contribution < -0.4 is 4.74 Å². The highest BCUT2D eigenvalue weighted by atomic mass is 127. The van der Waals surface area contributed by atoms with E-state index in [2.05, 4.69) is 22.6 Å². The van der Waals surface area contributed by atoms with E-state index in [1.54, 1.807) is 12.1 Å². The highest BCUT2D eigenvalue weighted by Crippen LogP contribution is 2.20. The molecular formula is C10H12FIO. The first-order valence-corrected chi connectivity index (χ1v) is 5.25. The summed E-state index contributed by atoms with van der Waals surface area (Å²) in [6, 6.07) is 4.85. The number of hydrogen-bond acceptors (Lipinski definition) is 1. The van der Waals surface area contributed by atoms with E-state index in [0.717, 1.165) is 3.57 Å². The van der Waals surface area contributed by atoms with Crippen molar-refractivity contribution in [1.29, 1.82) is 0 Å². The van der Waals surface area contributed by atoms with Gasteiger partial charge in [-0.25, -0.2) is 4.39 Å². The van der Waals surface area contributed by atoms with Crippen LogP contribution in [0.5, 0.6) is 5.75 Å². The Morgan fingerprint density at radius 3 is 2.77 bits per heavy atom. The highest BCUT2D eigenvalue weighted by molar-refractivity contribution is 14.1. The van der Waals surface area contributed by atoms with Gasteiger partial charge in [0, 0.05) is 3.57 Å². The smallest absolute Gasteiger partial charge is 0.165 e. The van der Waals surface area contributed by atoms with Crippen molar-refractivity contribution < 1.29 is 9.13 Å². The number of halogens is 2. The minimum Gasteiger partial charge on any atom is -0.490 e. The number of rotatable bonds is 3.